The predicted octanol–water partition coefficient (Wildman–Crippen LogP) is 3.11. The molecule has 0 aliphatic carbocycles. The molecule has 0 saturated carbocycles. The number of benzene rings is 1. The third kappa shape index (κ3) is 4.35. The quantitative estimate of drug-likeness (QED) is 0.740. The number of halogens is 1. The normalized spacial score (nSPS) is 17.8. The van der Waals surface area contributed by atoms with Gasteiger partial charge in [-0.25, -0.2) is 17.8 Å². The standard InChI is InChI=1S/C20H25FN4O3S/c1-2-29(26,27)25-12-9-18-17(14-25)19(28-16-8-6-7-15(21)13-16)23-20(22-18)24-10-4-3-5-11-24/h6-8,13H,2-5,9-12,14H2,1H3. The fourth-order valence-electron chi connectivity index (χ4n) is 3.73. The molecule has 2 aromatic rings. The fourth-order valence-corrected chi connectivity index (χ4v) is 4.79. The Labute approximate surface area is 170 Å². The molecular formula is C20H25FN4O3S. The fraction of sp³-hybridized carbons (Fsp3) is 0.500. The van der Waals surface area contributed by atoms with Crippen molar-refractivity contribution in [3.05, 3.63) is 41.3 Å². The topological polar surface area (TPSA) is 75.6 Å². The van der Waals surface area contributed by atoms with Crippen LogP contribution >= 0.6 is 0 Å². The van der Waals surface area contributed by atoms with E-state index in [1.807, 2.05) is 0 Å². The maximum atomic E-state index is 13.6. The summed E-state index contributed by atoms with van der Waals surface area (Å²) in [5, 5.41) is 0. The Hall–Kier alpha value is -2.26. The summed E-state index contributed by atoms with van der Waals surface area (Å²) in [6, 6.07) is 5.86. The third-order valence-corrected chi connectivity index (χ3v) is 7.21. The zero-order valence-electron chi connectivity index (χ0n) is 16.5. The molecule has 1 saturated heterocycles. The Morgan fingerprint density at radius 3 is 2.66 bits per heavy atom. The van der Waals surface area contributed by atoms with Crippen molar-refractivity contribution in [1.82, 2.24) is 14.3 Å². The van der Waals surface area contributed by atoms with Crippen molar-refractivity contribution in [1.29, 1.82) is 0 Å². The Morgan fingerprint density at radius 2 is 1.93 bits per heavy atom. The molecule has 1 fully saturated rings. The summed E-state index contributed by atoms with van der Waals surface area (Å²) in [5.74, 6) is 0.858. The number of anilines is 1. The molecule has 0 bridgehead atoms. The second-order valence-corrected chi connectivity index (χ2v) is 9.60. The molecule has 3 heterocycles. The molecule has 2 aliphatic rings. The van der Waals surface area contributed by atoms with Gasteiger partial charge >= 0.3 is 0 Å². The smallest absolute Gasteiger partial charge is 0.228 e. The number of fused-ring (bicyclic) bond motifs is 1. The highest BCUT2D eigenvalue weighted by atomic mass is 32.2. The second kappa shape index (κ2) is 8.23. The van der Waals surface area contributed by atoms with Gasteiger partial charge in [-0.3, -0.25) is 0 Å². The van der Waals surface area contributed by atoms with Crippen LogP contribution in [0.2, 0.25) is 0 Å². The molecule has 1 aromatic heterocycles. The number of aromatic nitrogens is 2. The number of ether oxygens (including phenoxy) is 1. The van der Waals surface area contributed by atoms with Gasteiger partial charge in [-0.15, -0.1) is 0 Å². The first kappa shape index (κ1) is 20.0. The number of hydrogen-bond acceptors (Lipinski definition) is 6. The molecule has 0 atom stereocenters. The van der Waals surface area contributed by atoms with E-state index in [2.05, 4.69) is 9.88 Å². The number of rotatable bonds is 5. The van der Waals surface area contributed by atoms with Crippen LogP contribution in [0.3, 0.4) is 0 Å². The molecule has 0 radical (unpaired) electrons. The SMILES string of the molecule is CCS(=O)(=O)N1CCc2nc(N3CCCCC3)nc(Oc3cccc(F)c3)c2C1. The minimum absolute atomic E-state index is 0.0368. The van der Waals surface area contributed by atoms with Crippen LogP contribution < -0.4 is 9.64 Å². The van der Waals surface area contributed by atoms with Crippen LogP contribution in [0, 0.1) is 5.82 Å². The third-order valence-electron chi connectivity index (χ3n) is 5.38. The first-order chi connectivity index (χ1) is 14.0. The Bertz CT molecular complexity index is 993. The minimum Gasteiger partial charge on any atom is -0.438 e. The van der Waals surface area contributed by atoms with Gasteiger partial charge in [0, 0.05) is 38.7 Å². The van der Waals surface area contributed by atoms with Crippen LogP contribution in [0.15, 0.2) is 24.3 Å². The predicted molar refractivity (Wildman–Crippen MR) is 108 cm³/mol. The number of nitrogens with zero attached hydrogens (tertiary/aromatic N) is 4. The lowest BCUT2D eigenvalue weighted by atomic mass is 10.1. The Morgan fingerprint density at radius 1 is 1.14 bits per heavy atom. The van der Waals surface area contributed by atoms with E-state index in [1.165, 1.54) is 22.9 Å². The van der Waals surface area contributed by atoms with Crippen molar-refractivity contribution >= 4 is 16.0 Å². The zero-order valence-corrected chi connectivity index (χ0v) is 17.3. The van der Waals surface area contributed by atoms with Crippen molar-refractivity contribution in [2.45, 2.75) is 39.2 Å². The Kier molecular flexibility index (Phi) is 5.69. The monoisotopic (exact) mass is 420 g/mol. The molecule has 9 heteroatoms. The molecule has 7 nitrogen and oxygen atoms in total. The van der Waals surface area contributed by atoms with Crippen LogP contribution in [0.4, 0.5) is 10.3 Å². The van der Waals surface area contributed by atoms with Gasteiger partial charge in [0.15, 0.2) is 0 Å². The van der Waals surface area contributed by atoms with Crippen molar-refractivity contribution in [3.63, 3.8) is 0 Å². The molecular weight excluding hydrogens is 395 g/mol. The van der Waals surface area contributed by atoms with Crippen molar-refractivity contribution in [2.24, 2.45) is 0 Å². The summed E-state index contributed by atoms with van der Waals surface area (Å²) in [6.45, 7) is 3.95. The van der Waals surface area contributed by atoms with Gasteiger partial charge in [0.2, 0.25) is 21.9 Å². The van der Waals surface area contributed by atoms with Crippen LogP contribution in [0.1, 0.15) is 37.4 Å². The lowest BCUT2D eigenvalue weighted by molar-refractivity contribution is 0.369. The maximum absolute atomic E-state index is 13.6. The maximum Gasteiger partial charge on any atom is 0.228 e. The van der Waals surface area contributed by atoms with Gasteiger partial charge in [-0.2, -0.15) is 9.29 Å². The Balaban J connectivity index is 1.73. The van der Waals surface area contributed by atoms with Crippen molar-refractivity contribution in [3.8, 4) is 11.6 Å². The number of hydrogen-bond donors (Lipinski definition) is 0. The molecule has 156 valence electrons. The van der Waals surface area contributed by atoms with Crippen LogP contribution in [-0.2, 0) is 23.0 Å². The highest BCUT2D eigenvalue weighted by Crippen LogP contribution is 2.33. The van der Waals surface area contributed by atoms with Gasteiger partial charge < -0.3 is 9.64 Å². The largest absolute Gasteiger partial charge is 0.438 e. The van der Waals surface area contributed by atoms with Crippen LogP contribution in [0.5, 0.6) is 11.6 Å². The lowest BCUT2D eigenvalue weighted by Crippen LogP contribution is -2.38. The molecule has 0 unspecified atom stereocenters. The molecule has 1 aromatic carbocycles. The molecule has 0 amide bonds. The lowest BCUT2D eigenvalue weighted by Gasteiger charge is -2.31. The summed E-state index contributed by atoms with van der Waals surface area (Å²) in [6.07, 6.45) is 3.86. The van der Waals surface area contributed by atoms with Crippen LogP contribution in [-0.4, -0.2) is 48.1 Å². The van der Waals surface area contributed by atoms with E-state index in [4.69, 9.17) is 9.72 Å². The van der Waals surface area contributed by atoms with Gasteiger partial charge in [-0.1, -0.05) is 6.07 Å². The second-order valence-electron chi connectivity index (χ2n) is 7.35. The van der Waals surface area contributed by atoms with Crippen molar-refractivity contribution in [2.75, 3.05) is 30.3 Å². The average molecular weight is 421 g/mol. The van der Waals surface area contributed by atoms with E-state index in [1.54, 1.807) is 19.1 Å². The zero-order chi connectivity index (χ0) is 20.4. The van der Waals surface area contributed by atoms with Gasteiger partial charge in [0.25, 0.3) is 0 Å². The van der Waals surface area contributed by atoms with E-state index in [0.717, 1.165) is 31.6 Å². The highest BCUT2D eigenvalue weighted by molar-refractivity contribution is 7.89. The first-order valence-electron chi connectivity index (χ1n) is 10.0. The van der Waals surface area contributed by atoms with Crippen LogP contribution in [0.25, 0.3) is 0 Å². The number of sulfonamides is 1. The molecule has 2 aliphatic heterocycles. The van der Waals surface area contributed by atoms with Crippen molar-refractivity contribution < 1.29 is 17.5 Å². The minimum atomic E-state index is -3.34. The summed E-state index contributed by atoms with van der Waals surface area (Å²) in [4.78, 5) is 11.5. The molecule has 0 spiro atoms. The number of piperidine rings is 1. The molecule has 29 heavy (non-hydrogen) atoms. The molecule has 4 rings (SSSR count). The molecule has 0 N–H and O–H groups in total. The van der Waals surface area contributed by atoms with Gasteiger partial charge in [-0.05, 0) is 38.3 Å². The summed E-state index contributed by atoms with van der Waals surface area (Å²) in [7, 11) is -3.34. The van der Waals surface area contributed by atoms with Gasteiger partial charge in [0.1, 0.15) is 11.6 Å². The highest BCUT2D eigenvalue weighted by Gasteiger charge is 2.30. The summed E-state index contributed by atoms with van der Waals surface area (Å²) < 4.78 is 45.8. The summed E-state index contributed by atoms with van der Waals surface area (Å²) in [5.41, 5.74) is 1.45. The van der Waals surface area contributed by atoms with E-state index in [9.17, 15) is 12.8 Å². The van der Waals surface area contributed by atoms with Gasteiger partial charge in [0.05, 0.1) is 17.0 Å². The summed E-state index contributed by atoms with van der Waals surface area (Å²) >= 11 is 0. The van der Waals surface area contributed by atoms with E-state index >= 15 is 0 Å². The van der Waals surface area contributed by atoms with E-state index < -0.39 is 15.8 Å². The first-order valence-corrected chi connectivity index (χ1v) is 11.6. The average Bonchev–Trinajstić information content (AvgIpc) is 2.74. The van der Waals surface area contributed by atoms with E-state index in [0.29, 0.717) is 36.1 Å². The van der Waals surface area contributed by atoms with E-state index in [-0.39, 0.29) is 12.3 Å².